The highest BCUT2D eigenvalue weighted by molar-refractivity contribution is 7.08. The van der Waals surface area contributed by atoms with Crippen LogP contribution in [0.25, 0.3) is 22.3 Å². The lowest BCUT2D eigenvalue weighted by atomic mass is 9.97. The van der Waals surface area contributed by atoms with Crippen molar-refractivity contribution < 1.29 is 9.18 Å². The van der Waals surface area contributed by atoms with Crippen LogP contribution in [-0.4, -0.2) is 23.6 Å². The molecule has 26 heavy (non-hydrogen) atoms. The first kappa shape index (κ1) is 17.3. The number of thiophene rings is 1. The van der Waals surface area contributed by atoms with E-state index in [-0.39, 0.29) is 17.8 Å². The van der Waals surface area contributed by atoms with Crippen molar-refractivity contribution in [3.8, 4) is 22.3 Å². The zero-order valence-electron chi connectivity index (χ0n) is 13.8. The second-order valence-corrected chi connectivity index (χ2v) is 7.47. The molecule has 1 aliphatic heterocycles. The van der Waals surface area contributed by atoms with Crippen molar-refractivity contribution in [2.75, 3.05) is 13.1 Å². The van der Waals surface area contributed by atoms with Crippen molar-refractivity contribution >= 4 is 28.8 Å². The molecule has 2 aromatic heterocycles. The number of nitrogens with two attached hydrogens (primary N) is 1. The van der Waals surface area contributed by atoms with Gasteiger partial charge in [0.25, 0.3) is 5.91 Å². The van der Waals surface area contributed by atoms with Gasteiger partial charge in [-0.15, -0.1) is 0 Å². The standard InChI is InChI=1S/C19H17ClFN3OS/c20-12-1-2-16(21)14(7-12)15-9-24-13(3-5-22)8-23-19(25)18(24)17(15)11-4-6-26-10-11/h1-2,4,6-7,9-10,13H,3,5,8,22H2,(H,23,25). The summed E-state index contributed by atoms with van der Waals surface area (Å²) in [6, 6.07) is 6.45. The van der Waals surface area contributed by atoms with Gasteiger partial charge < -0.3 is 15.6 Å². The van der Waals surface area contributed by atoms with Gasteiger partial charge in [-0.25, -0.2) is 4.39 Å². The molecule has 1 aromatic carbocycles. The molecule has 3 N–H and O–H groups in total. The molecule has 0 fully saturated rings. The first-order chi connectivity index (χ1) is 12.6. The number of rotatable bonds is 4. The topological polar surface area (TPSA) is 60.0 Å². The first-order valence-corrected chi connectivity index (χ1v) is 9.63. The number of fused-ring (bicyclic) bond motifs is 1. The lowest BCUT2D eigenvalue weighted by Crippen LogP contribution is -2.39. The van der Waals surface area contributed by atoms with Crippen LogP contribution in [-0.2, 0) is 0 Å². The van der Waals surface area contributed by atoms with Gasteiger partial charge in [-0.2, -0.15) is 11.3 Å². The van der Waals surface area contributed by atoms with Gasteiger partial charge in [0.1, 0.15) is 11.5 Å². The van der Waals surface area contributed by atoms with E-state index < -0.39 is 0 Å². The summed E-state index contributed by atoms with van der Waals surface area (Å²) in [6.07, 6.45) is 2.58. The molecule has 7 heteroatoms. The SMILES string of the molecule is NCCC1CNC(=O)c2c(-c3ccsc3)c(-c3cc(Cl)ccc3F)cn21. The maximum absolute atomic E-state index is 14.6. The quantitative estimate of drug-likeness (QED) is 0.698. The van der Waals surface area contributed by atoms with E-state index in [0.717, 1.165) is 17.5 Å². The number of carbonyl (C=O) groups excluding carboxylic acids is 1. The first-order valence-electron chi connectivity index (χ1n) is 8.31. The number of carbonyl (C=O) groups is 1. The minimum Gasteiger partial charge on any atom is -0.349 e. The van der Waals surface area contributed by atoms with Crippen LogP contribution >= 0.6 is 22.9 Å². The number of benzene rings is 1. The Balaban J connectivity index is 2.01. The number of aromatic nitrogens is 1. The van der Waals surface area contributed by atoms with Crippen LogP contribution in [0.3, 0.4) is 0 Å². The largest absolute Gasteiger partial charge is 0.349 e. The van der Waals surface area contributed by atoms with E-state index in [1.807, 2.05) is 27.6 Å². The van der Waals surface area contributed by atoms with Crippen LogP contribution in [0.2, 0.25) is 5.02 Å². The van der Waals surface area contributed by atoms with Crippen molar-refractivity contribution in [2.24, 2.45) is 5.73 Å². The summed E-state index contributed by atoms with van der Waals surface area (Å²) in [4.78, 5) is 12.7. The van der Waals surface area contributed by atoms with Crippen LogP contribution in [0.15, 0.2) is 41.2 Å². The minimum atomic E-state index is -0.371. The number of hydrogen-bond donors (Lipinski definition) is 2. The summed E-state index contributed by atoms with van der Waals surface area (Å²) in [5.74, 6) is -0.530. The van der Waals surface area contributed by atoms with E-state index in [1.54, 1.807) is 6.07 Å². The van der Waals surface area contributed by atoms with Crippen LogP contribution < -0.4 is 11.1 Å². The van der Waals surface area contributed by atoms with Crippen molar-refractivity contribution in [3.63, 3.8) is 0 Å². The third-order valence-electron chi connectivity index (χ3n) is 4.67. The second-order valence-electron chi connectivity index (χ2n) is 6.25. The molecule has 0 aliphatic carbocycles. The number of amides is 1. The van der Waals surface area contributed by atoms with Gasteiger partial charge in [-0.05, 0) is 53.6 Å². The Morgan fingerprint density at radius 3 is 2.92 bits per heavy atom. The predicted octanol–water partition coefficient (Wildman–Crippen LogP) is 4.31. The Morgan fingerprint density at radius 2 is 2.19 bits per heavy atom. The maximum atomic E-state index is 14.6. The molecule has 0 saturated carbocycles. The maximum Gasteiger partial charge on any atom is 0.268 e. The molecule has 1 amide bonds. The number of hydrogen-bond acceptors (Lipinski definition) is 3. The van der Waals surface area contributed by atoms with Crippen molar-refractivity contribution in [2.45, 2.75) is 12.5 Å². The Kier molecular flexibility index (Phi) is 4.56. The van der Waals surface area contributed by atoms with Crippen LogP contribution in [0.1, 0.15) is 23.0 Å². The molecule has 4 nitrogen and oxygen atoms in total. The smallest absolute Gasteiger partial charge is 0.268 e. The summed E-state index contributed by atoms with van der Waals surface area (Å²) in [6.45, 7) is 1.02. The fourth-order valence-electron chi connectivity index (χ4n) is 3.48. The number of nitrogens with zero attached hydrogens (tertiary/aromatic N) is 1. The molecule has 0 saturated heterocycles. The molecule has 0 radical (unpaired) electrons. The van der Waals surface area contributed by atoms with Gasteiger partial charge in [-0.1, -0.05) is 11.6 Å². The number of nitrogens with one attached hydrogen (secondary N) is 1. The summed E-state index contributed by atoms with van der Waals surface area (Å²) in [5.41, 5.74) is 8.96. The Labute approximate surface area is 159 Å². The van der Waals surface area contributed by atoms with E-state index in [9.17, 15) is 9.18 Å². The zero-order valence-corrected chi connectivity index (χ0v) is 15.4. The molecule has 134 valence electrons. The molecule has 0 spiro atoms. The summed E-state index contributed by atoms with van der Waals surface area (Å²) < 4.78 is 16.5. The number of halogens is 2. The fourth-order valence-corrected chi connectivity index (χ4v) is 4.30. The monoisotopic (exact) mass is 389 g/mol. The third kappa shape index (κ3) is 2.84. The normalized spacial score (nSPS) is 16.4. The predicted molar refractivity (Wildman–Crippen MR) is 103 cm³/mol. The molecular weight excluding hydrogens is 373 g/mol. The van der Waals surface area contributed by atoms with E-state index in [1.165, 1.54) is 23.5 Å². The molecule has 1 unspecified atom stereocenters. The Hall–Kier alpha value is -2.15. The molecule has 1 aliphatic rings. The van der Waals surface area contributed by atoms with Gasteiger partial charge in [0.15, 0.2) is 0 Å². The molecular formula is C19H17ClFN3OS. The van der Waals surface area contributed by atoms with Crippen LogP contribution in [0, 0.1) is 5.82 Å². The third-order valence-corrected chi connectivity index (χ3v) is 5.59. The van der Waals surface area contributed by atoms with E-state index in [2.05, 4.69) is 5.32 Å². The Bertz CT molecular complexity index is 968. The zero-order chi connectivity index (χ0) is 18.3. The lowest BCUT2D eigenvalue weighted by Gasteiger charge is -2.26. The highest BCUT2D eigenvalue weighted by Crippen LogP contribution is 2.41. The average Bonchev–Trinajstić information content (AvgIpc) is 3.27. The summed E-state index contributed by atoms with van der Waals surface area (Å²) >= 11 is 7.64. The van der Waals surface area contributed by atoms with Gasteiger partial charge in [-0.3, -0.25) is 4.79 Å². The molecule has 1 atom stereocenters. The summed E-state index contributed by atoms with van der Waals surface area (Å²) in [7, 11) is 0. The molecule has 0 bridgehead atoms. The average molecular weight is 390 g/mol. The summed E-state index contributed by atoms with van der Waals surface area (Å²) in [5, 5.41) is 7.28. The molecule has 4 rings (SSSR count). The van der Waals surface area contributed by atoms with Crippen LogP contribution in [0.4, 0.5) is 4.39 Å². The second kappa shape index (κ2) is 6.87. The van der Waals surface area contributed by atoms with E-state index >= 15 is 0 Å². The highest BCUT2D eigenvalue weighted by atomic mass is 35.5. The van der Waals surface area contributed by atoms with Crippen molar-refractivity contribution in [1.29, 1.82) is 0 Å². The lowest BCUT2D eigenvalue weighted by molar-refractivity contribution is 0.0914. The van der Waals surface area contributed by atoms with Gasteiger partial charge >= 0.3 is 0 Å². The molecule has 3 aromatic rings. The van der Waals surface area contributed by atoms with Gasteiger partial charge in [0.05, 0.1) is 6.04 Å². The van der Waals surface area contributed by atoms with Gasteiger partial charge in [0, 0.05) is 34.5 Å². The van der Waals surface area contributed by atoms with Crippen molar-refractivity contribution in [3.05, 3.63) is 57.8 Å². The van der Waals surface area contributed by atoms with Crippen LogP contribution in [0.5, 0.6) is 0 Å². The van der Waals surface area contributed by atoms with E-state index in [0.29, 0.717) is 34.9 Å². The minimum absolute atomic E-state index is 0.0427. The Morgan fingerprint density at radius 1 is 1.35 bits per heavy atom. The fraction of sp³-hybridized carbons (Fsp3) is 0.211. The van der Waals surface area contributed by atoms with Crippen molar-refractivity contribution in [1.82, 2.24) is 9.88 Å². The van der Waals surface area contributed by atoms with E-state index in [4.69, 9.17) is 17.3 Å². The highest BCUT2D eigenvalue weighted by Gasteiger charge is 2.31. The molecule has 3 heterocycles. The van der Waals surface area contributed by atoms with Gasteiger partial charge in [0.2, 0.25) is 0 Å².